The number of para-hydroxylation sites is 1. The first-order valence-corrected chi connectivity index (χ1v) is 7.71. The van der Waals surface area contributed by atoms with E-state index in [1.165, 1.54) is 6.92 Å². The SMILES string of the molecule is CC1=NN(c2ccccc2)C(=O)[C@@]1(O)C1=C(O)c2ccccc2C1=O. The van der Waals surface area contributed by atoms with Crippen molar-refractivity contribution in [3.05, 3.63) is 71.3 Å². The Labute approximate surface area is 143 Å². The van der Waals surface area contributed by atoms with Gasteiger partial charge in [-0.15, -0.1) is 0 Å². The summed E-state index contributed by atoms with van der Waals surface area (Å²) in [6, 6.07) is 15.0. The molecule has 2 aromatic rings. The lowest BCUT2D eigenvalue weighted by atomic mass is 9.86. The molecule has 1 atom stereocenters. The molecule has 6 nitrogen and oxygen atoms in total. The van der Waals surface area contributed by atoms with Crippen molar-refractivity contribution in [2.75, 3.05) is 5.01 Å². The lowest BCUT2D eigenvalue weighted by Gasteiger charge is -2.23. The van der Waals surface area contributed by atoms with E-state index in [4.69, 9.17) is 0 Å². The number of Topliss-reactive ketones (excluding diaryl/α,β-unsaturated/α-hetero) is 1. The van der Waals surface area contributed by atoms with Crippen LogP contribution >= 0.6 is 0 Å². The summed E-state index contributed by atoms with van der Waals surface area (Å²) in [4.78, 5) is 25.7. The van der Waals surface area contributed by atoms with E-state index >= 15 is 0 Å². The van der Waals surface area contributed by atoms with E-state index in [0.29, 0.717) is 11.3 Å². The summed E-state index contributed by atoms with van der Waals surface area (Å²) in [6.07, 6.45) is 0. The van der Waals surface area contributed by atoms with Crippen LogP contribution in [0.1, 0.15) is 22.8 Å². The van der Waals surface area contributed by atoms with Gasteiger partial charge >= 0.3 is 0 Å². The number of benzene rings is 2. The fraction of sp³-hybridized carbons (Fsp3) is 0.105. The minimum Gasteiger partial charge on any atom is -0.507 e. The molecule has 6 heteroatoms. The number of amides is 1. The van der Waals surface area contributed by atoms with Gasteiger partial charge in [-0.25, -0.2) is 0 Å². The van der Waals surface area contributed by atoms with Gasteiger partial charge in [0.05, 0.1) is 17.0 Å². The van der Waals surface area contributed by atoms with Crippen LogP contribution in [0.4, 0.5) is 5.69 Å². The van der Waals surface area contributed by atoms with E-state index in [-0.39, 0.29) is 22.6 Å². The molecule has 1 heterocycles. The molecule has 0 unspecified atom stereocenters. The van der Waals surface area contributed by atoms with Crippen LogP contribution < -0.4 is 5.01 Å². The standard InChI is InChI=1S/C19H14N2O4/c1-11-19(25,18(24)21(20-11)12-7-3-2-4-8-12)15-16(22)13-9-5-6-10-14(13)17(15)23/h2-10,22,25H,1H3/t19-/m0/s1. The fourth-order valence-corrected chi connectivity index (χ4v) is 3.21. The van der Waals surface area contributed by atoms with Crippen LogP contribution in [-0.2, 0) is 4.79 Å². The number of aliphatic hydroxyl groups is 2. The largest absolute Gasteiger partial charge is 0.507 e. The number of hydrogen-bond acceptors (Lipinski definition) is 5. The zero-order valence-corrected chi connectivity index (χ0v) is 13.3. The first-order chi connectivity index (χ1) is 12.0. The summed E-state index contributed by atoms with van der Waals surface area (Å²) in [7, 11) is 0. The van der Waals surface area contributed by atoms with Gasteiger partial charge < -0.3 is 10.2 Å². The van der Waals surface area contributed by atoms with Crippen LogP contribution in [0.15, 0.2) is 65.3 Å². The second-order valence-corrected chi connectivity index (χ2v) is 5.95. The molecule has 0 fully saturated rings. The van der Waals surface area contributed by atoms with Crippen molar-refractivity contribution in [3.8, 4) is 0 Å². The first-order valence-electron chi connectivity index (χ1n) is 7.71. The van der Waals surface area contributed by atoms with Crippen LogP contribution in [0.2, 0.25) is 0 Å². The van der Waals surface area contributed by atoms with Crippen LogP contribution in [0.3, 0.4) is 0 Å². The van der Waals surface area contributed by atoms with Gasteiger partial charge in [-0.1, -0.05) is 42.5 Å². The number of rotatable bonds is 2. The van der Waals surface area contributed by atoms with Crippen molar-refractivity contribution in [1.29, 1.82) is 0 Å². The lowest BCUT2D eigenvalue weighted by molar-refractivity contribution is -0.127. The Bertz CT molecular complexity index is 978. The molecule has 4 rings (SSSR count). The average Bonchev–Trinajstić information content (AvgIpc) is 3.02. The highest BCUT2D eigenvalue weighted by Crippen LogP contribution is 2.41. The third kappa shape index (κ3) is 1.91. The molecule has 2 aromatic carbocycles. The average molecular weight is 334 g/mol. The van der Waals surface area contributed by atoms with E-state index in [2.05, 4.69) is 5.10 Å². The third-order valence-electron chi connectivity index (χ3n) is 4.53. The first kappa shape index (κ1) is 15.3. The molecule has 0 spiro atoms. The Kier molecular flexibility index (Phi) is 3.13. The van der Waals surface area contributed by atoms with Gasteiger partial charge in [-0.2, -0.15) is 10.1 Å². The number of carbonyl (C=O) groups is 2. The number of anilines is 1. The maximum atomic E-state index is 12.9. The van der Waals surface area contributed by atoms with Gasteiger partial charge in [-0.05, 0) is 19.1 Å². The Morgan fingerprint density at radius 1 is 0.960 bits per heavy atom. The van der Waals surface area contributed by atoms with Crippen LogP contribution in [-0.4, -0.2) is 33.2 Å². The normalized spacial score (nSPS) is 22.5. The molecular formula is C19H14N2O4. The lowest BCUT2D eigenvalue weighted by Crippen LogP contribution is -2.49. The number of nitrogens with zero attached hydrogens (tertiary/aromatic N) is 2. The topological polar surface area (TPSA) is 90.2 Å². The van der Waals surface area contributed by atoms with Crippen LogP contribution in [0.25, 0.3) is 5.76 Å². The van der Waals surface area contributed by atoms with Gasteiger partial charge in [0.1, 0.15) is 5.76 Å². The second kappa shape index (κ2) is 5.12. The molecule has 0 aromatic heterocycles. The summed E-state index contributed by atoms with van der Waals surface area (Å²) in [5.74, 6) is -1.76. The predicted octanol–water partition coefficient (Wildman–Crippen LogP) is 2.31. The van der Waals surface area contributed by atoms with Gasteiger partial charge in [0, 0.05) is 11.1 Å². The minimum absolute atomic E-state index is 0.0315. The third-order valence-corrected chi connectivity index (χ3v) is 4.53. The summed E-state index contributed by atoms with van der Waals surface area (Å²) >= 11 is 0. The Hall–Kier alpha value is -3.25. The Morgan fingerprint density at radius 2 is 1.56 bits per heavy atom. The fourth-order valence-electron chi connectivity index (χ4n) is 3.21. The number of aliphatic hydroxyl groups excluding tert-OH is 1. The van der Waals surface area contributed by atoms with E-state index in [1.807, 2.05) is 0 Å². The molecular weight excluding hydrogens is 320 g/mol. The molecule has 0 saturated carbocycles. The van der Waals surface area contributed by atoms with Gasteiger partial charge in [-0.3, -0.25) is 9.59 Å². The van der Waals surface area contributed by atoms with Gasteiger partial charge in [0.25, 0.3) is 5.91 Å². The molecule has 1 amide bonds. The van der Waals surface area contributed by atoms with Crippen molar-refractivity contribution < 1.29 is 19.8 Å². The Morgan fingerprint density at radius 3 is 2.20 bits per heavy atom. The summed E-state index contributed by atoms with van der Waals surface area (Å²) < 4.78 is 0. The number of carbonyl (C=O) groups excluding carboxylic acids is 2. The summed E-state index contributed by atoms with van der Waals surface area (Å²) in [6.45, 7) is 1.46. The van der Waals surface area contributed by atoms with Crippen LogP contribution in [0.5, 0.6) is 0 Å². The maximum absolute atomic E-state index is 12.9. The smallest absolute Gasteiger partial charge is 0.290 e. The Balaban J connectivity index is 1.84. The molecule has 25 heavy (non-hydrogen) atoms. The van der Waals surface area contributed by atoms with Crippen molar-refractivity contribution in [3.63, 3.8) is 0 Å². The zero-order valence-electron chi connectivity index (χ0n) is 13.3. The number of hydrogen-bond donors (Lipinski definition) is 2. The van der Waals surface area contributed by atoms with Crippen molar-refractivity contribution in [1.82, 2.24) is 0 Å². The van der Waals surface area contributed by atoms with Gasteiger partial charge in [0.2, 0.25) is 5.60 Å². The predicted molar refractivity (Wildman–Crippen MR) is 92.3 cm³/mol. The molecule has 1 aliphatic heterocycles. The molecule has 2 N–H and O–H groups in total. The highest BCUT2D eigenvalue weighted by Gasteiger charge is 2.56. The molecule has 124 valence electrons. The minimum atomic E-state index is -2.30. The van der Waals surface area contributed by atoms with E-state index < -0.39 is 17.3 Å². The maximum Gasteiger partial charge on any atom is 0.290 e. The van der Waals surface area contributed by atoms with Crippen molar-refractivity contribution >= 4 is 28.8 Å². The highest BCUT2D eigenvalue weighted by atomic mass is 16.3. The van der Waals surface area contributed by atoms with Crippen molar-refractivity contribution in [2.24, 2.45) is 5.10 Å². The number of fused-ring (bicyclic) bond motifs is 1. The van der Waals surface area contributed by atoms with Crippen molar-refractivity contribution in [2.45, 2.75) is 12.5 Å². The van der Waals surface area contributed by atoms with Gasteiger partial charge in [0.15, 0.2) is 5.78 Å². The van der Waals surface area contributed by atoms with E-state index in [9.17, 15) is 19.8 Å². The monoisotopic (exact) mass is 334 g/mol. The second-order valence-electron chi connectivity index (χ2n) is 5.95. The summed E-state index contributed by atoms with van der Waals surface area (Å²) in [5, 5.41) is 26.8. The van der Waals surface area contributed by atoms with E-state index in [1.54, 1.807) is 54.6 Å². The number of ketones is 1. The molecule has 0 saturated heterocycles. The molecule has 0 bridgehead atoms. The van der Waals surface area contributed by atoms with E-state index in [0.717, 1.165) is 5.01 Å². The summed E-state index contributed by atoms with van der Waals surface area (Å²) in [5.41, 5.74) is -1.60. The molecule has 1 aliphatic carbocycles. The molecule has 0 radical (unpaired) electrons. The quantitative estimate of drug-likeness (QED) is 0.882. The zero-order chi connectivity index (χ0) is 17.8. The highest BCUT2D eigenvalue weighted by molar-refractivity contribution is 6.34. The molecule has 2 aliphatic rings. The number of hydrazone groups is 1. The van der Waals surface area contributed by atoms with Crippen LogP contribution in [0, 0.1) is 0 Å².